The van der Waals surface area contributed by atoms with Crippen LogP contribution in [0.25, 0.3) is 0 Å². The van der Waals surface area contributed by atoms with E-state index in [4.69, 9.17) is 16.3 Å². The molecule has 0 aliphatic carbocycles. The first-order chi connectivity index (χ1) is 15.9. The quantitative estimate of drug-likeness (QED) is 0.330. The van der Waals surface area contributed by atoms with Crippen molar-refractivity contribution in [3.8, 4) is 5.75 Å². The van der Waals surface area contributed by atoms with Crippen molar-refractivity contribution in [1.29, 1.82) is 0 Å². The number of halogens is 1. The molecule has 174 valence electrons. The molecular weight excluding hydrogens is 444 g/mol. The molecule has 0 unspecified atom stereocenters. The fourth-order valence-electron chi connectivity index (χ4n) is 3.24. The molecule has 0 atom stereocenters. The third-order valence-electron chi connectivity index (χ3n) is 5.11. The largest absolute Gasteiger partial charge is 0.493 e. The van der Waals surface area contributed by atoms with Gasteiger partial charge in [0.05, 0.1) is 12.2 Å². The molecule has 2 aromatic carbocycles. The highest BCUT2D eigenvalue weighted by molar-refractivity contribution is 6.31. The molecule has 9 heteroatoms. The van der Waals surface area contributed by atoms with E-state index in [1.165, 1.54) is 17.7 Å². The molecule has 3 rings (SSSR count). The van der Waals surface area contributed by atoms with Gasteiger partial charge in [0, 0.05) is 43.8 Å². The number of benzene rings is 2. The summed E-state index contributed by atoms with van der Waals surface area (Å²) in [7, 11) is 3.06. The Bertz CT molecular complexity index is 1220. The van der Waals surface area contributed by atoms with Crippen molar-refractivity contribution < 1.29 is 9.53 Å². The average Bonchev–Trinajstić information content (AvgIpc) is 2.83. The lowest BCUT2D eigenvalue weighted by molar-refractivity contribution is 0.103. The Labute approximate surface area is 196 Å². The number of anilines is 1. The first-order valence-electron chi connectivity index (χ1n) is 10.6. The highest BCUT2D eigenvalue weighted by Gasteiger charge is 2.15. The van der Waals surface area contributed by atoms with Gasteiger partial charge in [-0.05, 0) is 31.2 Å². The summed E-state index contributed by atoms with van der Waals surface area (Å²) < 4.78 is 8.31. The predicted octanol–water partition coefficient (Wildman–Crippen LogP) is 2.44. The van der Waals surface area contributed by atoms with Crippen LogP contribution in [-0.2, 0) is 14.1 Å². The topological polar surface area (TPSA) is 94.4 Å². The van der Waals surface area contributed by atoms with Crippen LogP contribution in [0.1, 0.15) is 22.3 Å². The SMILES string of the molecule is Cn1c(NCCNCCCOc2ccc(Cl)cc2C(=O)c2ccccc2)cc(=O)n(C)c1=O. The zero-order valence-electron chi connectivity index (χ0n) is 18.6. The Morgan fingerprint density at radius 1 is 0.970 bits per heavy atom. The summed E-state index contributed by atoms with van der Waals surface area (Å²) in [6.07, 6.45) is 0.728. The van der Waals surface area contributed by atoms with Crippen molar-refractivity contribution in [3.63, 3.8) is 0 Å². The van der Waals surface area contributed by atoms with Crippen LogP contribution in [0, 0.1) is 0 Å². The van der Waals surface area contributed by atoms with Gasteiger partial charge in [-0.3, -0.25) is 18.7 Å². The molecule has 0 aliphatic heterocycles. The number of nitrogens with zero attached hydrogens (tertiary/aromatic N) is 2. The molecule has 0 saturated heterocycles. The summed E-state index contributed by atoms with van der Waals surface area (Å²) in [4.78, 5) is 36.5. The van der Waals surface area contributed by atoms with Gasteiger partial charge in [0.25, 0.3) is 5.56 Å². The minimum absolute atomic E-state index is 0.137. The molecule has 2 N–H and O–H groups in total. The standard InChI is InChI=1S/C24H27ClN4O4/c1-28-21(16-22(30)29(2)24(28)32)27-13-12-26-11-6-14-33-20-10-9-18(25)15-19(20)23(31)17-7-4-3-5-8-17/h3-5,7-10,15-16,26-27H,6,11-14H2,1-2H3. The van der Waals surface area contributed by atoms with Crippen LogP contribution >= 0.6 is 11.6 Å². The second kappa shape index (κ2) is 11.5. The Morgan fingerprint density at radius 2 is 1.73 bits per heavy atom. The zero-order valence-corrected chi connectivity index (χ0v) is 19.4. The van der Waals surface area contributed by atoms with E-state index < -0.39 is 0 Å². The molecule has 0 bridgehead atoms. The van der Waals surface area contributed by atoms with Crippen LogP contribution in [0.4, 0.5) is 5.82 Å². The van der Waals surface area contributed by atoms with E-state index in [9.17, 15) is 14.4 Å². The van der Waals surface area contributed by atoms with Gasteiger partial charge in [0.15, 0.2) is 5.78 Å². The third-order valence-corrected chi connectivity index (χ3v) is 5.35. The number of rotatable bonds is 11. The van der Waals surface area contributed by atoms with Crippen LogP contribution < -0.4 is 26.6 Å². The summed E-state index contributed by atoms with van der Waals surface area (Å²) >= 11 is 6.10. The molecule has 0 spiro atoms. The summed E-state index contributed by atoms with van der Waals surface area (Å²) in [6, 6.07) is 15.4. The van der Waals surface area contributed by atoms with Crippen molar-refractivity contribution in [2.24, 2.45) is 14.1 Å². The van der Waals surface area contributed by atoms with Crippen LogP contribution in [0.15, 0.2) is 64.2 Å². The van der Waals surface area contributed by atoms with Crippen molar-refractivity contribution in [1.82, 2.24) is 14.5 Å². The minimum atomic E-state index is -0.373. The average molecular weight is 471 g/mol. The van der Waals surface area contributed by atoms with E-state index in [1.807, 2.05) is 18.2 Å². The highest BCUT2D eigenvalue weighted by Crippen LogP contribution is 2.25. The van der Waals surface area contributed by atoms with E-state index in [0.717, 1.165) is 11.0 Å². The van der Waals surface area contributed by atoms with E-state index in [-0.39, 0.29) is 17.0 Å². The molecule has 1 heterocycles. The van der Waals surface area contributed by atoms with E-state index in [0.29, 0.717) is 54.0 Å². The molecular formula is C24H27ClN4O4. The molecule has 0 fully saturated rings. The van der Waals surface area contributed by atoms with E-state index in [2.05, 4.69) is 10.6 Å². The molecule has 0 saturated carbocycles. The maximum absolute atomic E-state index is 12.8. The van der Waals surface area contributed by atoms with E-state index in [1.54, 1.807) is 37.4 Å². The molecule has 33 heavy (non-hydrogen) atoms. The molecule has 1 aromatic heterocycles. The number of ketones is 1. The molecule has 8 nitrogen and oxygen atoms in total. The summed E-state index contributed by atoms with van der Waals surface area (Å²) in [5.41, 5.74) is 0.290. The van der Waals surface area contributed by atoms with Crippen LogP contribution in [0.5, 0.6) is 5.75 Å². The minimum Gasteiger partial charge on any atom is -0.493 e. The molecule has 0 aliphatic rings. The number of nitrogens with one attached hydrogen (secondary N) is 2. The van der Waals surface area contributed by atoms with Gasteiger partial charge in [-0.1, -0.05) is 41.9 Å². The molecule has 3 aromatic rings. The lowest BCUT2D eigenvalue weighted by Crippen LogP contribution is -2.38. The third kappa shape index (κ3) is 6.34. The van der Waals surface area contributed by atoms with Crippen molar-refractivity contribution in [2.75, 3.05) is 31.6 Å². The van der Waals surface area contributed by atoms with Crippen molar-refractivity contribution in [2.45, 2.75) is 6.42 Å². The van der Waals surface area contributed by atoms with Gasteiger partial charge in [0.1, 0.15) is 11.6 Å². The maximum Gasteiger partial charge on any atom is 0.332 e. The van der Waals surface area contributed by atoms with Crippen LogP contribution in [-0.4, -0.2) is 41.2 Å². The Morgan fingerprint density at radius 3 is 2.48 bits per heavy atom. The first-order valence-corrected chi connectivity index (χ1v) is 11.0. The van der Waals surface area contributed by atoms with Crippen LogP contribution in [0.2, 0.25) is 5.02 Å². The zero-order chi connectivity index (χ0) is 23.8. The molecule has 0 radical (unpaired) electrons. The summed E-state index contributed by atoms with van der Waals surface area (Å²) in [6.45, 7) is 2.32. The van der Waals surface area contributed by atoms with Crippen molar-refractivity contribution >= 4 is 23.2 Å². The number of aromatic nitrogens is 2. The van der Waals surface area contributed by atoms with Crippen molar-refractivity contribution in [3.05, 3.63) is 91.6 Å². The number of ether oxygens (including phenoxy) is 1. The Hall–Kier alpha value is -3.36. The van der Waals surface area contributed by atoms with Gasteiger partial charge in [0.2, 0.25) is 0 Å². The maximum atomic E-state index is 12.8. The lowest BCUT2D eigenvalue weighted by atomic mass is 10.0. The monoisotopic (exact) mass is 470 g/mol. The van der Waals surface area contributed by atoms with Gasteiger partial charge in [-0.2, -0.15) is 0 Å². The Kier molecular flexibility index (Phi) is 8.46. The second-order valence-electron chi connectivity index (χ2n) is 7.48. The fraction of sp³-hybridized carbons (Fsp3) is 0.292. The Balaban J connectivity index is 1.44. The van der Waals surface area contributed by atoms with Gasteiger partial charge in [-0.15, -0.1) is 0 Å². The number of hydrogen-bond acceptors (Lipinski definition) is 6. The van der Waals surface area contributed by atoms with Gasteiger partial charge in [-0.25, -0.2) is 4.79 Å². The number of carbonyl (C=O) groups is 1. The smallest absolute Gasteiger partial charge is 0.332 e. The summed E-state index contributed by atoms with van der Waals surface area (Å²) in [5.74, 6) is 0.843. The number of carbonyl (C=O) groups excluding carboxylic acids is 1. The first kappa shape index (κ1) is 24.3. The van der Waals surface area contributed by atoms with Crippen LogP contribution in [0.3, 0.4) is 0 Å². The fourth-order valence-corrected chi connectivity index (χ4v) is 3.41. The highest BCUT2D eigenvalue weighted by atomic mass is 35.5. The number of hydrogen-bond donors (Lipinski definition) is 2. The molecule has 0 amide bonds. The lowest BCUT2D eigenvalue weighted by Gasteiger charge is -2.13. The predicted molar refractivity (Wildman–Crippen MR) is 130 cm³/mol. The second-order valence-corrected chi connectivity index (χ2v) is 7.92. The summed E-state index contributed by atoms with van der Waals surface area (Å²) in [5, 5.41) is 6.83. The normalized spacial score (nSPS) is 10.8. The van der Waals surface area contributed by atoms with Gasteiger partial charge >= 0.3 is 5.69 Å². The van der Waals surface area contributed by atoms with Gasteiger partial charge < -0.3 is 15.4 Å². The van der Waals surface area contributed by atoms with E-state index >= 15 is 0 Å².